The van der Waals surface area contributed by atoms with Gasteiger partial charge in [-0.1, -0.05) is 6.92 Å². The molecule has 0 atom stereocenters. The highest BCUT2D eigenvalue weighted by atomic mass is 19.4. The van der Waals surface area contributed by atoms with E-state index in [1.807, 2.05) is 6.92 Å². The summed E-state index contributed by atoms with van der Waals surface area (Å²) in [6.45, 7) is 2.00. The number of methoxy groups -OCH3 is 1. The summed E-state index contributed by atoms with van der Waals surface area (Å²) in [6.07, 6.45) is -2.03. The summed E-state index contributed by atoms with van der Waals surface area (Å²) in [7, 11) is 1.07. The molecule has 124 valence electrons. The molecule has 1 amide bonds. The largest absolute Gasteiger partial charge is 0.469 e. The predicted octanol–water partition coefficient (Wildman–Crippen LogP) is 3.42. The summed E-state index contributed by atoms with van der Waals surface area (Å²) < 4.78 is 49.4. The molecule has 1 aromatic heterocycles. The number of likely N-dealkylation sites (tertiary alicyclic amines) is 1. The zero-order chi connectivity index (χ0) is 16.4. The van der Waals surface area contributed by atoms with Crippen LogP contribution in [0.25, 0.3) is 0 Å². The summed E-state index contributed by atoms with van der Waals surface area (Å²) in [5.74, 6) is 0.316. The maximum Gasteiger partial charge on any atom is 0.417 e. The Morgan fingerprint density at radius 2 is 2.05 bits per heavy atom. The van der Waals surface area contributed by atoms with Crippen LogP contribution in [0.1, 0.15) is 42.3 Å². The molecule has 7 heteroatoms. The highest BCUT2D eigenvalue weighted by Gasteiger charge is 2.56. The minimum absolute atomic E-state index is 0.0168. The molecule has 0 unspecified atom stereocenters. The number of alkyl halides is 3. The lowest BCUT2D eigenvalue weighted by Crippen LogP contribution is -2.55. The van der Waals surface area contributed by atoms with Crippen LogP contribution in [0.5, 0.6) is 0 Å². The Kier molecular flexibility index (Phi) is 4.84. The fourth-order valence-electron chi connectivity index (χ4n) is 2.80. The van der Waals surface area contributed by atoms with E-state index in [-0.39, 0.29) is 31.8 Å². The van der Waals surface area contributed by atoms with E-state index in [1.54, 1.807) is 6.07 Å². The van der Waals surface area contributed by atoms with Crippen molar-refractivity contribution in [1.82, 2.24) is 4.90 Å². The number of hydrogen-bond acceptors (Lipinski definition) is 3. The predicted molar refractivity (Wildman–Crippen MR) is 73.6 cm³/mol. The van der Waals surface area contributed by atoms with Crippen molar-refractivity contribution >= 4 is 5.91 Å². The van der Waals surface area contributed by atoms with Crippen molar-refractivity contribution < 1.29 is 27.1 Å². The molecule has 0 spiro atoms. The van der Waals surface area contributed by atoms with Gasteiger partial charge in [-0.2, -0.15) is 13.2 Å². The monoisotopic (exact) mass is 319 g/mol. The van der Waals surface area contributed by atoms with Crippen LogP contribution in [0, 0.1) is 0 Å². The minimum atomic E-state index is -4.43. The molecule has 0 bridgehead atoms. The first-order valence-corrected chi connectivity index (χ1v) is 7.32. The maximum absolute atomic E-state index is 13.1. The molecular weight excluding hydrogens is 299 g/mol. The second kappa shape index (κ2) is 6.32. The number of halogens is 3. The van der Waals surface area contributed by atoms with Crippen LogP contribution in [-0.2, 0) is 11.2 Å². The number of carbonyl (C=O) groups is 1. The summed E-state index contributed by atoms with van der Waals surface area (Å²) in [5, 5.41) is 0. The first-order chi connectivity index (χ1) is 10.3. The Bertz CT molecular complexity index is 516. The summed E-state index contributed by atoms with van der Waals surface area (Å²) in [5.41, 5.74) is -1.70. The molecule has 1 fully saturated rings. The smallest absolute Gasteiger partial charge is 0.417 e. The Morgan fingerprint density at radius 3 is 2.55 bits per heavy atom. The Balaban J connectivity index is 2.08. The SMILES string of the molecule is CCCc1occc1C(=O)N1CCC(OC)(C(F)(F)F)CC1. The number of amides is 1. The first-order valence-electron chi connectivity index (χ1n) is 7.32. The zero-order valence-corrected chi connectivity index (χ0v) is 12.7. The Morgan fingerprint density at radius 1 is 1.41 bits per heavy atom. The lowest BCUT2D eigenvalue weighted by Gasteiger charge is -2.41. The van der Waals surface area contributed by atoms with E-state index in [9.17, 15) is 18.0 Å². The molecule has 4 nitrogen and oxygen atoms in total. The summed E-state index contributed by atoms with van der Waals surface area (Å²) in [4.78, 5) is 13.9. The zero-order valence-electron chi connectivity index (χ0n) is 12.7. The topological polar surface area (TPSA) is 42.7 Å². The summed E-state index contributed by atoms with van der Waals surface area (Å²) >= 11 is 0. The van der Waals surface area contributed by atoms with Crippen molar-refractivity contribution in [3.05, 3.63) is 23.7 Å². The van der Waals surface area contributed by atoms with Crippen molar-refractivity contribution in [2.24, 2.45) is 0 Å². The molecule has 0 N–H and O–H groups in total. The van der Waals surface area contributed by atoms with E-state index in [0.717, 1.165) is 13.5 Å². The van der Waals surface area contributed by atoms with Crippen LogP contribution in [0.3, 0.4) is 0 Å². The van der Waals surface area contributed by atoms with Crippen LogP contribution >= 0.6 is 0 Å². The van der Waals surface area contributed by atoms with Gasteiger partial charge in [-0.3, -0.25) is 4.79 Å². The van der Waals surface area contributed by atoms with E-state index < -0.39 is 11.8 Å². The van der Waals surface area contributed by atoms with Gasteiger partial charge in [0.25, 0.3) is 5.91 Å². The first kappa shape index (κ1) is 16.9. The Labute approximate surface area is 127 Å². The number of furan rings is 1. The van der Waals surface area contributed by atoms with Crippen molar-refractivity contribution in [2.45, 2.75) is 44.4 Å². The second-order valence-corrected chi connectivity index (χ2v) is 5.50. The molecule has 1 aliphatic rings. The molecule has 2 rings (SSSR count). The third-order valence-electron chi connectivity index (χ3n) is 4.22. The average molecular weight is 319 g/mol. The molecule has 22 heavy (non-hydrogen) atoms. The van der Waals surface area contributed by atoms with E-state index in [2.05, 4.69) is 0 Å². The number of hydrogen-bond donors (Lipinski definition) is 0. The molecule has 0 aromatic carbocycles. The van der Waals surface area contributed by atoms with Gasteiger partial charge in [0.1, 0.15) is 5.76 Å². The highest BCUT2D eigenvalue weighted by Crippen LogP contribution is 2.41. The number of rotatable bonds is 4. The molecule has 0 aliphatic carbocycles. The van der Waals surface area contributed by atoms with Crippen molar-refractivity contribution in [3.63, 3.8) is 0 Å². The van der Waals surface area contributed by atoms with E-state index in [1.165, 1.54) is 11.2 Å². The maximum atomic E-state index is 13.1. The second-order valence-electron chi connectivity index (χ2n) is 5.50. The van der Waals surface area contributed by atoms with E-state index in [0.29, 0.717) is 17.7 Å². The number of aryl methyl sites for hydroxylation is 1. The summed E-state index contributed by atoms with van der Waals surface area (Å²) in [6, 6.07) is 1.58. The quantitative estimate of drug-likeness (QED) is 0.854. The van der Waals surface area contributed by atoms with Gasteiger partial charge >= 0.3 is 6.18 Å². The number of ether oxygens (including phenoxy) is 1. The van der Waals surface area contributed by atoms with Crippen molar-refractivity contribution in [3.8, 4) is 0 Å². The normalized spacial score (nSPS) is 18.5. The van der Waals surface area contributed by atoms with Gasteiger partial charge in [0, 0.05) is 39.5 Å². The van der Waals surface area contributed by atoms with Crippen LogP contribution in [0.4, 0.5) is 13.2 Å². The van der Waals surface area contributed by atoms with E-state index in [4.69, 9.17) is 9.15 Å². The van der Waals surface area contributed by atoms with Gasteiger partial charge in [0.2, 0.25) is 0 Å². The molecule has 1 aliphatic heterocycles. The highest BCUT2D eigenvalue weighted by molar-refractivity contribution is 5.95. The van der Waals surface area contributed by atoms with Gasteiger partial charge in [-0.05, 0) is 12.5 Å². The van der Waals surface area contributed by atoms with Crippen molar-refractivity contribution in [1.29, 1.82) is 0 Å². The third-order valence-corrected chi connectivity index (χ3v) is 4.22. The fraction of sp³-hybridized carbons (Fsp3) is 0.667. The molecular formula is C15H20F3NO3. The van der Waals surface area contributed by atoms with Gasteiger partial charge in [-0.15, -0.1) is 0 Å². The van der Waals surface area contributed by atoms with Crippen LogP contribution in [-0.4, -0.2) is 42.8 Å². The number of nitrogens with zero attached hydrogens (tertiary/aromatic N) is 1. The fourth-order valence-corrected chi connectivity index (χ4v) is 2.80. The molecule has 1 saturated heterocycles. The number of carbonyl (C=O) groups excluding carboxylic acids is 1. The standard InChI is InChI=1S/C15H20F3NO3/c1-3-4-12-11(5-10-22-12)13(20)19-8-6-14(21-2,7-9-19)15(16,17)18/h5,10H,3-4,6-9H2,1-2H3. The average Bonchev–Trinajstić information content (AvgIpc) is 2.94. The van der Waals surface area contributed by atoms with E-state index >= 15 is 0 Å². The molecule has 0 saturated carbocycles. The third kappa shape index (κ3) is 2.99. The van der Waals surface area contributed by atoms with Gasteiger partial charge in [0.05, 0.1) is 11.8 Å². The molecule has 1 aromatic rings. The van der Waals surface area contributed by atoms with Crippen molar-refractivity contribution in [2.75, 3.05) is 20.2 Å². The lowest BCUT2D eigenvalue weighted by atomic mass is 9.90. The molecule has 2 heterocycles. The van der Waals surface area contributed by atoms with Crippen LogP contribution < -0.4 is 0 Å². The van der Waals surface area contributed by atoms with Gasteiger partial charge in [0.15, 0.2) is 5.60 Å². The lowest BCUT2D eigenvalue weighted by molar-refractivity contribution is -0.281. The van der Waals surface area contributed by atoms with Gasteiger partial charge < -0.3 is 14.1 Å². The van der Waals surface area contributed by atoms with Crippen LogP contribution in [0.2, 0.25) is 0 Å². The minimum Gasteiger partial charge on any atom is -0.469 e. The molecule has 0 radical (unpaired) electrons. The Hall–Kier alpha value is -1.50. The van der Waals surface area contributed by atoms with Gasteiger partial charge in [-0.25, -0.2) is 0 Å². The number of piperidine rings is 1. The van der Waals surface area contributed by atoms with Crippen LogP contribution in [0.15, 0.2) is 16.7 Å².